The molecule has 0 saturated carbocycles. The van der Waals surface area contributed by atoms with Crippen molar-refractivity contribution in [3.8, 4) is 0 Å². The molecule has 2 rings (SSSR count). The highest BCUT2D eigenvalue weighted by Crippen LogP contribution is 2.09. The Morgan fingerprint density at radius 3 is 1.70 bits per heavy atom. The van der Waals surface area contributed by atoms with E-state index in [2.05, 4.69) is 91.8 Å². The van der Waals surface area contributed by atoms with Crippen molar-refractivity contribution in [2.75, 3.05) is 6.54 Å². The van der Waals surface area contributed by atoms with Gasteiger partial charge in [0.15, 0.2) is 0 Å². The minimum atomic E-state index is 0.757. The summed E-state index contributed by atoms with van der Waals surface area (Å²) in [4.78, 5) is 2.28. The van der Waals surface area contributed by atoms with Crippen LogP contribution in [-0.2, 0) is 0 Å². The van der Waals surface area contributed by atoms with Gasteiger partial charge < -0.3 is 4.90 Å². The van der Waals surface area contributed by atoms with Crippen molar-refractivity contribution in [1.82, 2.24) is 4.90 Å². The normalized spacial score (nSPS) is 11.6. The summed E-state index contributed by atoms with van der Waals surface area (Å²) >= 11 is 0. The average Bonchev–Trinajstić information content (AvgIpc) is 2.58. The second kappa shape index (κ2) is 9.68. The van der Waals surface area contributed by atoms with E-state index in [1.165, 1.54) is 24.0 Å². The molecule has 0 heterocycles. The molecular weight excluding hydrogens is 278 g/mol. The van der Waals surface area contributed by atoms with Crippen LogP contribution in [0.25, 0.3) is 12.2 Å². The van der Waals surface area contributed by atoms with E-state index in [9.17, 15) is 0 Å². The van der Waals surface area contributed by atoms with Gasteiger partial charge in [0.25, 0.3) is 0 Å². The maximum Gasteiger partial charge on any atom is 0.0219 e. The lowest BCUT2D eigenvalue weighted by atomic mass is 10.1. The molecular formula is C22H27N. The summed E-state index contributed by atoms with van der Waals surface area (Å²) in [6.45, 7) is 5.61. The molecule has 0 fully saturated rings. The van der Waals surface area contributed by atoms with Crippen LogP contribution < -0.4 is 0 Å². The van der Waals surface area contributed by atoms with E-state index in [-0.39, 0.29) is 0 Å². The van der Waals surface area contributed by atoms with E-state index in [4.69, 9.17) is 0 Å². The Bertz CT molecular complexity index is 547. The minimum Gasteiger partial charge on any atom is -0.354 e. The highest BCUT2D eigenvalue weighted by molar-refractivity contribution is 5.51. The van der Waals surface area contributed by atoms with Gasteiger partial charge in [-0.25, -0.2) is 0 Å². The molecule has 2 aromatic rings. The molecule has 0 atom stereocenters. The largest absolute Gasteiger partial charge is 0.354 e. The Kier molecular flexibility index (Phi) is 7.19. The van der Waals surface area contributed by atoms with Crippen molar-refractivity contribution in [2.45, 2.75) is 26.7 Å². The van der Waals surface area contributed by atoms with Crippen LogP contribution in [0.3, 0.4) is 0 Å². The SMILES string of the molecule is CC(C)CCCN(C=Cc1ccccc1)C=Cc1ccccc1. The zero-order chi connectivity index (χ0) is 16.3. The fourth-order valence-electron chi connectivity index (χ4n) is 2.37. The highest BCUT2D eigenvalue weighted by atomic mass is 15.1. The second-order valence-corrected chi connectivity index (χ2v) is 6.23. The number of hydrogen-bond acceptors (Lipinski definition) is 1. The molecule has 0 spiro atoms. The predicted octanol–water partition coefficient (Wildman–Crippen LogP) is 6.07. The van der Waals surface area contributed by atoms with Crippen LogP contribution in [0.5, 0.6) is 0 Å². The Labute approximate surface area is 141 Å². The minimum absolute atomic E-state index is 0.757. The van der Waals surface area contributed by atoms with Crippen molar-refractivity contribution in [2.24, 2.45) is 5.92 Å². The first-order valence-electron chi connectivity index (χ1n) is 8.46. The number of rotatable bonds is 8. The zero-order valence-electron chi connectivity index (χ0n) is 14.2. The summed E-state index contributed by atoms with van der Waals surface area (Å²) in [6, 6.07) is 20.9. The molecule has 2 aromatic carbocycles. The standard InChI is InChI=1S/C22H27N/c1-20(2)10-9-17-23(18-15-21-11-5-3-6-12-21)19-16-22-13-7-4-8-14-22/h3-8,11-16,18-20H,9-10,17H2,1-2H3. The lowest BCUT2D eigenvalue weighted by molar-refractivity contribution is 0.448. The first-order chi connectivity index (χ1) is 11.2. The van der Waals surface area contributed by atoms with Gasteiger partial charge in [-0.15, -0.1) is 0 Å². The first kappa shape index (κ1) is 17.1. The smallest absolute Gasteiger partial charge is 0.0219 e. The Hall–Kier alpha value is -2.28. The Balaban J connectivity index is 2.02. The predicted molar refractivity (Wildman–Crippen MR) is 102 cm³/mol. The number of hydrogen-bond donors (Lipinski definition) is 0. The van der Waals surface area contributed by atoms with E-state index in [1.54, 1.807) is 0 Å². The fourth-order valence-corrected chi connectivity index (χ4v) is 2.37. The molecule has 0 saturated heterocycles. The average molecular weight is 305 g/mol. The Morgan fingerprint density at radius 1 is 0.783 bits per heavy atom. The first-order valence-corrected chi connectivity index (χ1v) is 8.46. The van der Waals surface area contributed by atoms with Crippen molar-refractivity contribution < 1.29 is 0 Å². The molecule has 0 aliphatic heterocycles. The third-order valence-corrected chi connectivity index (χ3v) is 3.71. The summed E-state index contributed by atoms with van der Waals surface area (Å²) in [5, 5.41) is 0. The maximum atomic E-state index is 2.28. The molecule has 23 heavy (non-hydrogen) atoms. The van der Waals surface area contributed by atoms with Crippen LogP contribution in [-0.4, -0.2) is 11.4 Å². The lowest BCUT2D eigenvalue weighted by Crippen LogP contribution is -2.11. The van der Waals surface area contributed by atoms with Gasteiger partial charge in [0.1, 0.15) is 0 Å². The topological polar surface area (TPSA) is 3.24 Å². The number of nitrogens with zero attached hydrogens (tertiary/aromatic N) is 1. The van der Waals surface area contributed by atoms with Crippen LogP contribution in [0.1, 0.15) is 37.8 Å². The van der Waals surface area contributed by atoms with Gasteiger partial charge in [0.2, 0.25) is 0 Å². The quantitative estimate of drug-likeness (QED) is 0.572. The Morgan fingerprint density at radius 2 is 1.26 bits per heavy atom. The monoisotopic (exact) mass is 305 g/mol. The van der Waals surface area contributed by atoms with Crippen LogP contribution in [0.2, 0.25) is 0 Å². The van der Waals surface area contributed by atoms with E-state index in [0.29, 0.717) is 0 Å². The van der Waals surface area contributed by atoms with Gasteiger partial charge in [-0.1, -0.05) is 74.5 Å². The third-order valence-electron chi connectivity index (χ3n) is 3.71. The van der Waals surface area contributed by atoms with Crippen molar-refractivity contribution in [3.63, 3.8) is 0 Å². The molecule has 120 valence electrons. The molecule has 0 N–H and O–H groups in total. The molecule has 0 radical (unpaired) electrons. The van der Waals surface area contributed by atoms with E-state index >= 15 is 0 Å². The molecule has 0 unspecified atom stereocenters. The van der Waals surface area contributed by atoms with Crippen molar-refractivity contribution in [1.29, 1.82) is 0 Å². The van der Waals surface area contributed by atoms with Gasteiger partial charge in [-0.05, 0) is 42.0 Å². The summed E-state index contributed by atoms with van der Waals surface area (Å²) in [5.41, 5.74) is 2.46. The maximum absolute atomic E-state index is 2.28. The summed E-state index contributed by atoms with van der Waals surface area (Å²) in [6.07, 6.45) is 11.2. The second-order valence-electron chi connectivity index (χ2n) is 6.23. The van der Waals surface area contributed by atoms with E-state index in [0.717, 1.165) is 12.5 Å². The van der Waals surface area contributed by atoms with Gasteiger partial charge in [-0.2, -0.15) is 0 Å². The van der Waals surface area contributed by atoms with Crippen LogP contribution >= 0.6 is 0 Å². The zero-order valence-corrected chi connectivity index (χ0v) is 14.2. The van der Waals surface area contributed by atoms with Gasteiger partial charge in [0, 0.05) is 18.9 Å². The molecule has 1 nitrogen and oxygen atoms in total. The van der Waals surface area contributed by atoms with Crippen LogP contribution in [0.15, 0.2) is 73.1 Å². The summed E-state index contributed by atoms with van der Waals surface area (Å²) < 4.78 is 0. The third kappa shape index (κ3) is 7.01. The van der Waals surface area contributed by atoms with Crippen LogP contribution in [0, 0.1) is 5.92 Å². The fraction of sp³-hybridized carbons (Fsp3) is 0.273. The summed E-state index contributed by atoms with van der Waals surface area (Å²) in [7, 11) is 0. The molecule has 0 aliphatic carbocycles. The van der Waals surface area contributed by atoms with Gasteiger partial charge in [0.05, 0.1) is 0 Å². The van der Waals surface area contributed by atoms with Gasteiger partial charge in [-0.3, -0.25) is 0 Å². The van der Waals surface area contributed by atoms with Crippen molar-refractivity contribution >= 4 is 12.2 Å². The van der Waals surface area contributed by atoms with Crippen LogP contribution in [0.4, 0.5) is 0 Å². The summed E-state index contributed by atoms with van der Waals surface area (Å²) in [5.74, 6) is 0.757. The van der Waals surface area contributed by atoms with Crippen molar-refractivity contribution in [3.05, 3.63) is 84.2 Å². The van der Waals surface area contributed by atoms with Gasteiger partial charge >= 0.3 is 0 Å². The highest BCUT2D eigenvalue weighted by Gasteiger charge is 1.98. The molecule has 0 amide bonds. The lowest BCUT2D eigenvalue weighted by Gasteiger charge is -2.16. The molecule has 1 heteroatoms. The van der Waals surface area contributed by atoms with E-state index in [1.807, 2.05) is 12.1 Å². The number of benzene rings is 2. The molecule has 0 aliphatic rings. The molecule has 0 bridgehead atoms. The van der Waals surface area contributed by atoms with E-state index < -0.39 is 0 Å². The molecule has 0 aromatic heterocycles.